The molecule has 1 unspecified atom stereocenters. The zero-order valence-electron chi connectivity index (χ0n) is 15.5. The van der Waals surface area contributed by atoms with E-state index in [0.29, 0.717) is 18.0 Å². The summed E-state index contributed by atoms with van der Waals surface area (Å²) in [6.45, 7) is 2.41. The highest BCUT2D eigenvalue weighted by molar-refractivity contribution is 9.11. The topological polar surface area (TPSA) is 51.2 Å². The molecule has 4 nitrogen and oxygen atoms in total. The minimum absolute atomic E-state index is 0.238. The van der Waals surface area contributed by atoms with Crippen LogP contribution in [0.2, 0.25) is 5.02 Å². The van der Waals surface area contributed by atoms with Crippen molar-refractivity contribution in [3.8, 4) is 11.3 Å². The molecule has 0 saturated heterocycles. The molecule has 0 radical (unpaired) electrons. The number of nitrogens with zero attached hydrogens (tertiary/aromatic N) is 1. The molecule has 28 heavy (non-hydrogen) atoms. The second kappa shape index (κ2) is 9.54. The number of carbonyl (C=O) groups excluding carboxylic acids is 1. The SMILES string of the molecule is COC(=O)C(CNc1nc(-c2ccc(C)c(Cl)c2)c(Br)s1)Cc1ccccc1. The third-order valence-corrected chi connectivity index (χ3v) is 6.46. The number of ether oxygens (including phenoxy) is 1. The van der Waals surface area contributed by atoms with E-state index < -0.39 is 0 Å². The van der Waals surface area contributed by atoms with E-state index in [9.17, 15) is 4.79 Å². The summed E-state index contributed by atoms with van der Waals surface area (Å²) in [5, 5.41) is 4.73. The first kappa shape index (κ1) is 20.8. The average molecular weight is 480 g/mol. The number of rotatable bonds is 7. The van der Waals surface area contributed by atoms with Crippen LogP contribution in [0.5, 0.6) is 0 Å². The Morgan fingerprint density at radius 3 is 2.71 bits per heavy atom. The normalized spacial score (nSPS) is 11.9. The van der Waals surface area contributed by atoms with Crippen LogP contribution in [0.4, 0.5) is 5.13 Å². The average Bonchev–Trinajstić information content (AvgIpc) is 3.08. The summed E-state index contributed by atoms with van der Waals surface area (Å²) in [4.78, 5) is 16.9. The maximum Gasteiger partial charge on any atom is 0.310 e. The summed E-state index contributed by atoms with van der Waals surface area (Å²) < 4.78 is 5.89. The highest BCUT2D eigenvalue weighted by atomic mass is 79.9. The van der Waals surface area contributed by atoms with E-state index in [1.807, 2.05) is 55.5 Å². The second-order valence-corrected chi connectivity index (χ2v) is 9.12. The van der Waals surface area contributed by atoms with Crippen LogP contribution in [-0.4, -0.2) is 24.6 Å². The van der Waals surface area contributed by atoms with Crippen molar-refractivity contribution in [2.45, 2.75) is 13.3 Å². The van der Waals surface area contributed by atoms with Gasteiger partial charge in [0, 0.05) is 17.1 Å². The Labute approximate surface area is 182 Å². The number of esters is 1. The Hall–Kier alpha value is -1.89. The number of thiazole rings is 1. The first-order valence-corrected chi connectivity index (χ1v) is 10.7. The standard InChI is InChI=1S/C21H20BrClN2O2S/c1-13-8-9-15(11-17(13)23)18-19(22)28-21(25-18)24-12-16(20(26)27-2)10-14-6-4-3-5-7-14/h3-9,11,16H,10,12H2,1-2H3,(H,24,25). The van der Waals surface area contributed by atoms with Gasteiger partial charge in [-0.15, -0.1) is 0 Å². The van der Waals surface area contributed by atoms with Crippen LogP contribution in [0.15, 0.2) is 52.3 Å². The van der Waals surface area contributed by atoms with Crippen molar-refractivity contribution < 1.29 is 9.53 Å². The van der Waals surface area contributed by atoms with Crippen LogP contribution in [-0.2, 0) is 16.0 Å². The van der Waals surface area contributed by atoms with Crippen LogP contribution < -0.4 is 5.32 Å². The van der Waals surface area contributed by atoms with Gasteiger partial charge in [-0.25, -0.2) is 4.98 Å². The summed E-state index contributed by atoms with van der Waals surface area (Å²) in [5.41, 5.74) is 3.89. The molecule has 0 saturated carbocycles. The Kier molecular flexibility index (Phi) is 7.10. The van der Waals surface area contributed by atoms with E-state index in [0.717, 1.165) is 31.3 Å². The second-order valence-electron chi connectivity index (χ2n) is 6.40. The maximum atomic E-state index is 12.2. The molecule has 0 aliphatic heterocycles. The van der Waals surface area contributed by atoms with Gasteiger partial charge in [0.2, 0.25) is 0 Å². The molecule has 1 atom stereocenters. The molecular formula is C21H20BrClN2O2S. The third-order valence-electron chi connectivity index (χ3n) is 4.39. The fourth-order valence-corrected chi connectivity index (χ4v) is 4.49. The minimum atomic E-state index is -0.299. The van der Waals surface area contributed by atoms with E-state index in [1.165, 1.54) is 18.4 Å². The molecule has 1 N–H and O–H groups in total. The fourth-order valence-electron chi connectivity index (χ4n) is 2.81. The van der Waals surface area contributed by atoms with Gasteiger partial charge < -0.3 is 10.1 Å². The number of hydrogen-bond acceptors (Lipinski definition) is 5. The number of aromatic nitrogens is 1. The minimum Gasteiger partial charge on any atom is -0.469 e. The monoisotopic (exact) mass is 478 g/mol. The lowest BCUT2D eigenvalue weighted by molar-refractivity contribution is -0.144. The summed E-state index contributed by atoms with van der Waals surface area (Å²) in [6.07, 6.45) is 0.605. The molecular weight excluding hydrogens is 460 g/mol. The predicted octanol–water partition coefficient (Wildman–Crippen LogP) is 5.98. The first-order valence-electron chi connectivity index (χ1n) is 8.76. The number of aryl methyl sites for hydroxylation is 1. The van der Waals surface area contributed by atoms with Crippen molar-refractivity contribution in [1.29, 1.82) is 0 Å². The van der Waals surface area contributed by atoms with Gasteiger partial charge in [-0.1, -0.05) is 65.4 Å². The number of benzene rings is 2. The molecule has 1 aromatic heterocycles. The molecule has 1 heterocycles. The van der Waals surface area contributed by atoms with Crippen LogP contribution in [0, 0.1) is 12.8 Å². The van der Waals surface area contributed by atoms with Gasteiger partial charge in [-0.3, -0.25) is 4.79 Å². The van der Waals surface area contributed by atoms with Gasteiger partial charge in [0.25, 0.3) is 0 Å². The van der Waals surface area contributed by atoms with Crippen molar-refractivity contribution in [3.05, 3.63) is 68.5 Å². The van der Waals surface area contributed by atoms with Crippen LogP contribution in [0.25, 0.3) is 11.3 Å². The van der Waals surface area contributed by atoms with Gasteiger partial charge in [-0.05, 0) is 46.5 Å². The number of nitrogens with one attached hydrogen (secondary N) is 1. The van der Waals surface area contributed by atoms with Gasteiger partial charge >= 0.3 is 5.97 Å². The van der Waals surface area contributed by atoms with Crippen molar-refractivity contribution in [1.82, 2.24) is 4.98 Å². The molecule has 0 aliphatic carbocycles. The highest BCUT2D eigenvalue weighted by Crippen LogP contribution is 2.37. The van der Waals surface area contributed by atoms with Crippen molar-refractivity contribution >= 4 is 50.0 Å². The number of anilines is 1. The fraction of sp³-hybridized carbons (Fsp3) is 0.238. The zero-order valence-corrected chi connectivity index (χ0v) is 18.7. The van der Waals surface area contributed by atoms with Gasteiger partial charge in [0.1, 0.15) is 0 Å². The van der Waals surface area contributed by atoms with E-state index in [4.69, 9.17) is 16.3 Å². The molecule has 3 rings (SSSR count). The molecule has 146 valence electrons. The third kappa shape index (κ3) is 5.13. The number of carbonyl (C=O) groups is 1. The lowest BCUT2D eigenvalue weighted by atomic mass is 9.99. The van der Waals surface area contributed by atoms with Crippen LogP contribution >= 0.6 is 38.9 Å². The molecule has 0 fully saturated rings. The Morgan fingerprint density at radius 1 is 1.29 bits per heavy atom. The van der Waals surface area contributed by atoms with Gasteiger partial charge in [0.15, 0.2) is 5.13 Å². The van der Waals surface area contributed by atoms with Crippen LogP contribution in [0.1, 0.15) is 11.1 Å². The molecule has 2 aromatic carbocycles. The van der Waals surface area contributed by atoms with Gasteiger partial charge in [-0.2, -0.15) is 0 Å². The molecule has 7 heteroatoms. The Balaban J connectivity index is 1.73. The Bertz CT molecular complexity index is 962. The summed E-state index contributed by atoms with van der Waals surface area (Å²) in [7, 11) is 1.42. The van der Waals surface area contributed by atoms with Crippen molar-refractivity contribution in [3.63, 3.8) is 0 Å². The largest absolute Gasteiger partial charge is 0.469 e. The lowest BCUT2D eigenvalue weighted by Crippen LogP contribution is -2.26. The summed E-state index contributed by atoms with van der Waals surface area (Å²) >= 11 is 11.3. The highest BCUT2D eigenvalue weighted by Gasteiger charge is 2.21. The molecule has 0 bridgehead atoms. The first-order chi connectivity index (χ1) is 13.5. The predicted molar refractivity (Wildman–Crippen MR) is 119 cm³/mol. The number of methoxy groups -OCH3 is 1. The van der Waals surface area contributed by atoms with Gasteiger partial charge in [0.05, 0.1) is 22.5 Å². The molecule has 0 spiro atoms. The lowest BCUT2D eigenvalue weighted by Gasteiger charge is -2.15. The maximum absolute atomic E-state index is 12.2. The molecule has 0 amide bonds. The Morgan fingerprint density at radius 2 is 2.04 bits per heavy atom. The van der Waals surface area contributed by atoms with E-state index >= 15 is 0 Å². The number of halogens is 2. The molecule has 3 aromatic rings. The number of hydrogen-bond donors (Lipinski definition) is 1. The van der Waals surface area contributed by atoms with Crippen molar-refractivity contribution in [2.24, 2.45) is 5.92 Å². The quantitative estimate of drug-likeness (QED) is 0.424. The van der Waals surface area contributed by atoms with E-state index in [2.05, 4.69) is 26.2 Å². The smallest absolute Gasteiger partial charge is 0.310 e. The zero-order chi connectivity index (χ0) is 20.1. The summed E-state index contributed by atoms with van der Waals surface area (Å²) in [5.74, 6) is -0.537. The summed E-state index contributed by atoms with van der Waals surface area (Å²) in [6, 6.07) is 15.8. The van der Waals surface area contributed by atoms with Crippen LogP contribution in [0.3, 0.4) is 0 Å². The van der Waals surface area contributed by atoms with Crippen molar-refractivity contribution in [2.75, 3.05) is 19.0 Å². The van der Waals surface area contributed by atoms with E-state index in [1.54, 1.807) is 0 Å². The van der Waals surface area contributed by atoms with E-state index in [-0.39, 0.29) is 11.9 Å². The molecule has 0 aliphatic rings.